The average molecular weight is 348 g/mol. The highest BCUT2D eigenvalue weighted by molar-refractivity contribution is 6.08. The van der Waals surface area contributed by atoms with Crippen LogP contribution in [0.3, 0.4) is 0 Å². The van der Waals surface area contributed by atoms with Gasteiger partial charge in [0, 0.05) is 6.54 Å². The van der Waals surface area contributed by atoms with E-state index in [1.807, 2.05) is 0 Å². The van der Waals surface area contributed by atoms with Crippen molar-refractivity contribution in [2.45, 2.75) is 24.9 Å². The third kappa shape index (κ3) is 2.72. The van der Waals surface area contributed by atoms with Crippen molar-refractivity contribution in [1.29, 1.82) is 0 Å². The quantitative estimate of drug-likeness (QED) is 0.732. The number of aliphatic hydroxyl groups is 1. The minimum atomic E-state index is -1.13. The van der Waals surface area contributed by atoms with Gasteiger partial charge in [-0.05, 0) is 30.5 Å². The van der Waals surface area contributed by atoms with E-state index in [-0.39, 0.29) is 38.4 Å². The molecule has 0 radical (unpaired) electrons. The maximum atomic E-state index is 12.9. The lowest BCUT2D eigenvalue weighted by Gasteiger charge is -2.45. The summed E-state index contributed by atoms with van der Waals surface area (Å²) in [4.78, 5) is 39.1. The molecule has 0 atom stereocenters. The monoisotopic (exact) mass is 348 g/mol. The van der Waals surface area contributed by atoms with Crippen molar-refractivity contribution in [1.82, 2.24) is 9.80 Å². The van der Waals surface area contributed by atoms with Gasteiger partial charge < -0.3 is 19.8 Å². The van der Waals surface area contributed by atoms with Crippen LogP contribution < -0.4 is 4.74 Å². The lowest BCUT2D eigenvalue weighted by atomic mass is 9.67. The van der Waals surface area contributed by atoms with Crippen molar-refractivity contribution < 1.29 is 29.3 Å². The molecule has 1 spiro atoms. The first kappa shape index (κ1) is 17.2. The van der Waals surface area contributed by atoms with Crippen molar-refractivity contribution in [2.75, 3.05) is 20.3 Å². The Labute approximate surface area is 144 Å². The van der Waals surface area contributed by atoms with Crippen LogP contribution in [0.4, 0.5) is 4.79 Å². The summed E-state index contributed by atoms with van der Waals surface area (Å²) in [6, 6.07) is 6.53. The van der Waals surface area contributed by atoms with Gasteiger partial charge in [0.2, 0.25) is 0 Å². The van der Waals surface area contributed by atoms with Gasteiger partial charge in [-0.1, -0.05) is 12.1 Å². The van der Waals surface area contributed by atoms with E-state index in [9.17, 15) is 19.5 Å². The van der Waals surface area contributed by atoms with Crippen molar-refractivity contribution in [3.63, 3.8) is 0 Å². The fourth-order valence-corrected chi connectivity index (χ4v) is 3.57. The number of hydrogen-bond donors (Lipinski definition) is 2. The van der Waals surface area contributed by atoms with Crippen molar-refractivity contribution in [3.8, 4) is 5.75 Å². The summed E-state index contributed by atoms with van der Waals surface area (Å²) in [5, 5.41) is 18.3. The number of carbonyl (C=O) groups is 3. The molecule has 3 rings (SSSR count). The molecule has 134 valence electrons. The second-order valence-electron chi connectivity index (χ2n) is 6.37. The third-order valence-corrected chi connectivity index (χ3v) is 4.96. The van der Waals surface area contributed by atoms with E-state index >= 15 is 0 Å². The summed E-state index contributed by atoms with van der Waals surface area (Å²) < 4.78 is 5.09. The summed E-state index contributed by atoms with van der Waals surface area (Å²) in [6.45, 7) is -0.173. The molecule has 0 unspecified atom stereocenters. The molecule has 8 heteroatoms. The highest BCUT2D eigenvalue weighted by atomic mass is 16.5. The standard InChI is InChI=1S/C17H20N2O6/c1-25-13-4-2-11(3-5-13)10-18-15(23)17(8-12(9-17)14(21)22)19(6-7-20)16(18)24/h2-5,12,20H,6-10H2,1H3,(H,21,22)/t12-,17+. The van der Waals surface area contributed by atoms with Crippen LogP contribution in [0.1, 0.15) is 18.4 Å². The molecule has 2 aliphatic rings. The molecule has 1 aliphatic heterocycles. The Morgan fingerprint density at radius 2 is 1.92 bits per heavy atom. The minimum absolute atomic E-state index is 0.00995. The number of carboxylic acids is 1. The smallest absolute Gasteiger partial charge is 0.328 e. The molecule has 2 N–H and O–H groups in total. The summed E-state index contributed by atoms with van der Waals surface area (Å²) in [6.07, 6.45) is 0.179. The van der Waals surface area contributed by atoms with Crippen LogP contribution in [0.25, 0.3) is 0 Å². The highest BCUT2D eigenvalue weighted by Crippen LogP contribution is 2.48. The lowest BCUT2D eigenvalue weighted by Crippen LogP contribution is -2.60. The molecule has 1 heterocycles. The molecular formula is C17H20N2O6. The van der Waals surface area contributed by atoms with E-state index in [1.54, 1.807) is 31.4 Å². The van der Waals surface area contributed by atoms with Crippen LogP contribution in [0.15, 0.2) is 24.3 Å². The summed E-state index contributed by atoms with van der Waals surface area (Å²) in [5.41, 5.74) is -0.368. The zero-order valence-electron chi connectivity index (χ0n) is 13.8. The number of hydrogen-bond acceptors (Lipinski definition) is 5. The number of benzene rings is 1. The molecule has 1 saturated carbocycles. The Hall–Kier alpha value is -2.61. The topological polar surface area (TPSA) is 107 Å². The Morgan fingerprint density at radius 3 is 2.44 bits per heavy atom. The van der Waals surface area contributed by atoms with Gasteiger partial charge in [-0.15, -0.1) is 0 Å². The third-order valence-electron chi connectivity index (χ3n) is 4.96. The van der Waals surface area contributed by atoms with Crippen LogP contribution in [0.2, 0.25) is 0 Å². The number of carbonyl (C=O) groups excluding carboxylic acids is 2. The van der Waals surface area contributed by atoms with Crippen molar-refractivity contribution >= 4 is 17.9 Å². The van der Waals surface area contributed by atoms with E-state index in [2.05, 4.69) is 0 Å². The van der Waals surface area contributed by atoms with E-state index in [0.717, 1.165) is 10.5 Å². The maximum absolute atomic E-state index is 12.9. The van der Waals surface area contributed by atoms with Gasteiger partial charge in [0.1, 0.15) is 11.3 Å². The molecule has 2 fully saturated rings. The number of aliphatic hydroxyl groups excluding tert-OH is 1. The average Bonchev–Trinajstić information content (AvgIpc) is 2.76. The van der Waals surface area contributed by atoms with Crippen molar-refractivity contribution in [3.05, 3.63) is 29.8 Å². The normalized spacial score (nSPS) is 25.4. The zero-order valence-corrected chi connectivity index (χ0v) is 13.8. The first-order chi connectivity index (χ1) is 11.9. The number of urea groups is 1. The van der Waals surface area contributed by atoms with Gasteiger partial charge in [0.15, 0.2) is 0 Å². The van der Waals surface area contributed by atoms with Gasteiger partial charge in [0.25, 0.3) is 5.91 Å². The Kier molecular flexibility index (Phi) is 4.38. The van der Waals surface area contributed by atoms with Crippen LogP contribution >= 0.6 is 0 Å². The SMILES string of the molecule is COc1ccc(CN2C(=O)N(CCO)[C@]3(C[C@@H](C(=O)O)C3)C2=O)cc1. The molecule has 1 aliphatic carbocycles. The summed E-state index contributed by atoms with van der Waals surface area (Å²) in [7, 11) is 1.55. The van der Waals surface area contributed by atoms with E-state index < -0.39 is 23.5 Å². The molecule has 25 heavy (non-hydrogen) atoms. The zero-order chi connectivity index (χ0) is 18.2. The first-order valence-electron chi connectivity index (χ1n) is 8.03. The maximum Gasteiger partial charge on any atom is 0.328 e. The molecule has 1 saturated heterocycles. The number of amides is 3. The number of imide groups is 1. The number of β-amino-alcohol motifs (C(OH)–C–C–N with tert-alkyl or cyclic N) is 1. The molecule has 1 aromatic rings. The number of methoxy groups -OCH3 is 1. The lowest BCUT2D eigenvalue weighted by molar-refractivity contribution is -0.155. The largest absolute Gasteiger partial charge is 0.497 e. The molecular weight excluding hydrogens is 328 g/mol. The minimum Gasteiger partial charge on any atom is -0.497 e. The highest BCUT2D eigenvalue weighted by Gasteiger charge is 2.64. The summed E-state index contributed by atoms with van der Waals surface area (Å²) >= 11 is 0. The number of ether oxygens (including phenoxy) is 1. The number of rotatable bonds is 6. The molecule has 0 bridgehead atoms. The number of aliphatic carboxylic acids is 1. The van der Waals surface area contributed by atoms with Gasteiger partial charge in [-0.25, -0.2) is 4.79 Å². The van der Waals surface area contributed by atoms with Crippen LogP contribution in [-0.2, 0) is 16.1 Å². The number of nitrogens with zero attached hydrogens (tertiary/aromatic N) is 2. The predicted octanol–water partition coefficient (Wildman–Crippen LogP) is 0.685. The summed E-state index contributed by atoms with van der Waals surface area (Å²) in [5.74, 6) is -1.33. The Morgan fingerprint density at radius 1 is 1.28 bits per heavy atom. The Balaban J connectivity index is 1.81. The van der Waals surface area contributed by atoms with E-state index in [4.69, 9.17) is 9.84 Å². The predicted molar refractivity (Wildman–Crippen MR) is 85.8 cm³/mol. The van der Waals surface area contributed by atoms with E-state index in [1.165, 1.54) is 4.90 Å². The van der Waals surface area contributed by atoms with Gasteiger partial charge >= 0.3 is 12.0 Å². The Bertz CT molecular complexity index is 696. The molecule has 1 aromatic carbocycles. The molecule has 8 nitrogen and oxygen atoms in total. The van der Waals surface area contributed by atoms with Crippen molar-refractivity contribution in [2.24, 2.45) is 5.92 Å². The fourth-order valence-electron chi connectivity index (χ4n) is 3.57. The second kappa shape index (κ2) is 6.36. The second-order valence-corrected chi connectivity index (χ2v) is 6.37. The van der Waals surface area contributed by atoms with Gasteiger partial charge in [-0.3, -0.25) is 14.5 Å². The molecule has 0 aromatic heterocycles. The van der Waals surface area contributed by atoms with E-state index in [0.29, 0.717) is 5.75 Å². The van der Waals surface area contributed by atoms with Gasteiger partial charge in [0.05, 0.1) is 26.2 Å². The van der Waals surface area contributed by atoms with Crippen LogP contribution in [-0.4, -0.2) is 63.7 Å². The van der Waals surface area contributed by atoms with Gasteiger partial charge in [-0.2, -0.15) is 0 Å². The van der Waals surface area contributed by atoms with Crippen LogP contribution in [0, 0.1) is 5.92 Å². The van der Waals surface area contributed by atoms with Crippen LogP contribution in [0.5, 0.6) is 5.75 Å². The first-order valence-corrected chi connectivity index (χ1v) is 8.03. The number of carboxylic acid groups (broad SMARTS) is 1. The molecule has 3 amide bonds. The fraction of sp³-hybridized carbons (Fsp3) is 0.471.